The number of carbonyl (C=O) groups is 2. The van der Waals surface area contributed by atoms with Crippen LogP contribution in [0.5, 0.6) is 11.5 Å². The minimum atomic E-state index is -0.198. The van der Waals surface area contributed by atoms with Crippen molar-refractivity contribution in [2.24, 2.45) is 0 Å². The molecule has 2 aromatic carbocycles. The lowest BCUT2D eigenvalue weighted by molar-refractivity contribution is -0.135. The van der Waals surface area contributed by atoms with Gasteiger partial charge < -0.3 is 18.9 Å². The average Bonchev–Trinajstić information content (AvgIpc) is 3.58. The number of rotatable bonds is 11. The number of ketones is 1. The highest BCUT2D eigenvalue weighted by atomic mass is 16.5. The first kappa shape index (κ1) is 31.9. The molecular weight excluding hydrogens is 596 g/mol. The number of aromatic nitrogens is 4. The summed E-state index contributed by atoms with van der Waals surface area (Å²) in [4.78, 5) is 53.5. The quantitative estimate of drug-likeness (QED) is 0.231. The van der Waals surface area contributed by atoms with Crippen molar-refractivity contribution >= 4 is 23.8 Å². The molecule has 244 valence electrons. The topological polar surface area (TPSA) is 112 Å². The Kier molecular flexibility index (Phi) is 9.63. The van der Waals surface area contributed by atoms with Crippen LogP contribution < -0.4 is 25.6 Å². The lowest BCUT2D eigenvalue weighted by atomic mass is 10.1. The monoisotopic (exact) mass is 636 g/mol. The summed E-state index contributed by atoms with van der Waals surface area (Å²) < 4.78 is 15.2. The number of benzene rings is 2. The van der Waals surface area contributed by atoms with E-state index in [0.29, 0.717) is 71.9 Å². The lowest BCUT2D eigenvalue weighted by Gasteiger charge is -2.34. The highest BCUT2D eigenvalue weighted by Crippen LogP contribution is 2.26. The zero-order chi connectivity index (χ0) is 32.9. The van der Waals surface area contributed by atoms with Crippen LogP contribution in [-0.2, 0) is 17.9 Å². The molecule has 0 N–H and O–H groups in total. The number of carbonyl (C=O) groups excluding carboxylic acids is 2. The van der Waals surface area contributed by atoms with Crippen molar-refractivity contribution in [1.29, 1.82) is 0 Å². The largest absolute Gasteiger partial charge is 0.489 e. The van der Waals surface area contributed by atoms with Gasteiger partial charge in [-0.2, -0.15) is 0 Å². The van der Waals surface area contributed by atoms with Gasteiger partial charge in [-0.25, -0.2) is 9.97 Å². The molecule has 4 aromatic rings. The number of nitrogens with zero attached hydrogens (tertiary/aromatic N) is 6. The van der Waals surface area contributed by atoms with Crippen molar-refractivity contribution in [3.8, 4) is 17.2 Å². The van der Waals surface area contributed by atoms with Gasteiger partial charge in [0.15, 0.2) is 12.4 Å². The number of amides is 1. The maximum atomic E-state index is 14.2. The Morgan fingerprint density at radius 2 is 1.74 bits per heavy atom. The lowest BCUT2D eigenvalue weighted by Crippen LogP contribution is -2.52. The second-order valence-corrected chi connectivity index (χ2v) is 12.2. The van der Waals surface area contributed by atoms with E-state index in [1.165, 1.54) is 0 Å². The maximum absolute atomic E-state index is 14.2. The molecule has 47 heavy (non-hydrogen) atoms. The smallest absolute Gasteiger partial charge is 0.265 e. The summed E-state index contributed by atoms with van der Waals surface area (Å²) in [7, 11) is 0. The molecule has 0 saturated carbocycles. The zero-order valence-electron chi connectivity index (χ0n) is 27.1. The summed E-state index contributed by atoms with van der Waals surface area (Å²) in [6.07, 6.45) is 10.3. The van der Waals surface area contributed by atoms with Crippen molar-refractivity contribution in [2.75, 3.05) is 32.8 Å². The van der Waals surface area contributed by atoms with Gasteiger partial charge >= 0.3 is 0 Å². The standard InChI is InChI=1S/C36H40N6O5/c1-25(2)47-33-13-10-27(32(43)21-40-15-14-37-24-40)20-31(33)42-34(38-30-7-5-4-6-29(30)36(42)45)22-39-16-18-41(19-17-39)35(44)23-46-28-11-8-26(3)9-12-28/h6-15,20,24-25H,4-5,16-19,21-23H2,1-3H3. The molecule has 3 heterocycles. The van der Waals surface area contributed by atoms with Gasteiger partial charge in [0, 0.05) is 44.1 Å². The molecule has 0 radical (unpaired) electrons. The van der Waals surface area contributed by atoms with Gasteiger partial charge in [-0.3, -0.25) is 23.9 Å². The van der Waals surface area contributed by atoms with E-state index in [-0.39, 0.29) is 36.5 Å². The first-order valence-electron chi connectivity index (χ1n) is 16.1. The summed E-state index contributed by atoms with van der Waals surface area (Å²) >= 11 is 0. The number of hydrogen-bond donors (Lipinski definition) is 0. The molecule has 6 rings (SSSR count). The van der Waals surface area contributed by atoms with Gasteiger partial charge in [0.1, 0.15) is 17.3 Å². The Balaban J connectivity index is 1.27. The normalized spacial score (nSPS) is 14.7. The van der Waals surface area contributed by atoms with Crippen molar-refractivity contribution < 1.29 is 19.1 Å². The van der Waals surface area contributed by atoms with Gasteiger partial charge in [-0.15, -0.1) is 0 Å². The van der Waals surface area contributed by atoms with Crippen LogP contribution in [0.25, 0.3) is 17.8 Å². The number of ether oxygens (including phenoxy) is 2. The van der Waals surface area contributed by atoms with Crippen molar-refractivity contribution in [1.82, 2.24) is 28.9 Å². The molecule has 2 aromatic heterocycles. The maximum Gasteiger partial charge on any atom is 0.265 e. The van der Waals surface area contributed by atoms with Crippen LogP contribution in [0.1, 0.15) is 48.4 Å². The first-order valence-corrected chi connectivity index (χ1v) is 16.1. The van der Waals surface area contributed by atoms with E-state index in [2.05, 4.69) is 9.88 Å². The zero-order valence-corrected chi connectivity index (χ0v) is 27.1. The van der Waals surface area contributed by atoms with Crippen LogP contribution in [0.15, 0.2) is 66.0 Å². The van der Waals surface area contributed by atoms with E-state index in [0.717, 1.165) is 18.4 Å². The second-order valence-electron chi connectivity index (χ2n) is 12.2. The average molecular weight is 637 g/mol. The number of imidazole rings is 1. The molecule has 11 nitrogen and oxygen atoms in total. The molecule has 1 fully saturated rings. The number of piperazine rings is 1. The van der Waals surface area contributed by atoms with E-state index < -0.39 is 0 Å². The van der Waals surface area contributed by atoms with E-state index in [1.54, 1.807) is 46.1 Å². The highest BCUT2D eigenvalue weighted by molar-refractivity contribution is 5.96. The minimum Gasteiger partial charge on any atom is -0.489 e. The molecular formula is C36H40N6O5. The number of Topliss-reactive ketones (excluding diaryl/α,β-unsaturated/α-hetero) is 1. The first-order chi connectivity index (χ1) is 22.7. The third kappa shape index (κ3) is 7.52. The van der Waals surface area contributed by atoms with Gasteiger partial charge in [0.05, 0.1) is 41.8 Å². The Hall–Kier alpha value is -5.03. The molecule has 1 aliphatic carbocycles. The predicted molar refractivity (Wildman–Crippen MR) is 178 cm³/mol. The highest BCUT2D eigenvalue weighted by Gasteiger charge is 2.25. The fraction of sp³-hybridized carbons (Fsp3) is 0.361. The van der Waals surface area contributed by atoms with Crippen LogP contribution in [0.3, 0.4) is 0 Å². The minimum absolute atomic E-state index is 0.0180. The molecule has 0 atom stereocenters. The van der Waals surface area contributed by atoms with E-state index in [4.69, 9.17) is 14.5 Å². The molecule has 1 amide bonds. The van der Waals surface area contributed by atoms with E-state index in [1.807, 2.05) is 62.1 Å². The van der Waals surface area contributed by atoms with Crippen molar-refractivity contribution in [2.45, 2.75) is 52.8 Å². The molecule has 1 aliphatic heterocycles. The fourth-order valence-corrected chi connectivity index (χ4v) is 5.83. The Labute approximate surface area is 273 Å². The molecule has 0 bridgehead atoms. The van der Waals surface area contributed by atoms with Crippen LogP contribution in [0, 0.1) is 6.92 Å². The van der Waals surface area contributed by atoms with Gasteiger partial charge in [-0.1, -0.05) is 29.8 Å². The van der Waals surface area contributed by atoms with Gasteiger partial charge in [0.2, 0.25) is 0 Å². The Morgan fingerprint density at radius 1 is 0.979 bits per heavy atom. The van der Waals surface area contributed by atoms with E-state index >= 15 is 0 Å². The van der Waals surface area contributed by atoms with Crippen LogP contribution in [-0.4, -0.2) is 79.5 Å². The van der Waals surface area contributed by atoms with E-state index in [9.17, 15) is 14.4 Å². The summed E-state index contributed by atoms with van der Waals surface area (Å²) in [6.45, 7) is 8.62. The second kappa shape index (κ2) is 14.2. The third-order valence-corrected chi connectivity index (χ3v) is 8.31. The molecule has 2 aliphatic rings. The summed E-state index contributed by atoms with van der Waals surface area (Å²) in [6, 6.07) is 12.9. The van der Waals surface area contributed by atoms with Crippen LogP contribution in [0.4, 0.5) is 0 Å². The van der Waals surface area contributed by atoms with Crippen LogP contribution in [0.2, 0.25) is 0 Å². The third-order valence-electron chi connectivity index (χ3n) is 8.31. The number of fused-ring (bicyclic) bond motifs is 1. The fourth-order valence-electron chi connectivity index (χ4n) is 5.83. The van der Waals surface area contributed by atoms with Crippen LogP contribution >= 0.6 is 0 Å². The number of aryl methyl sites for hydroxylation is 1. The van der Waals surface area contributed by atoms with Crippen molar-refractivity contribution in [3.63, 3.8) is 0 Å². The Morgan fingerprint density at radius 3 is 2.47 bits per heavy atom. The van der Waals surface area contributed by atoms with Crippen molar-refractivity contribution in [3.05, 3.63) is 99.1 Å². The molecule has 0 unspecified atom stereocenters. The SMILES string of the molecule is Cc1ccc(OCC(=O)N2CCN(Cc3nc4c(c(=O)n3-c3cc(C(=O)Cn5ccnc5)ccc3OC(C)C)=CCCC=4)CC2)cc1. The van der Waals surface area contributed by atoms with Gasteiger partial charge in [0.25, 0.3) is 11.5 Å². The predicted octanol–water partition coefficient (Wildman–Crippen LogP) is 2.49. The summed E-state index contributed by atoms with van der Waals surface area (Å²) in [5, 5.41) is 1.22. The Bertz CT molecular complexity index is 1920. The molecule has 1 saturated heterocycles. The summed E-state index contributed by atoms with van der Waals surface area (Å²) in [5.74, 6) is 1.53. The summed E-state index contributed by atoms with van der Waals surface area (Å²) in [5.41, 5.74) is 1.86. The number of hydrogen-bond acceptors (Lipinski definition) is 8. The van der Waals surface area contributed by atoms with Gasteiger partial charge in [-0.05, 0) is 63.9 Å². The molecule has 0 spiro atoms. The molecule has 11 heteroatoms.